The number of rotatable bonds is 0. The van der Waals surface area contributed by atoms with Gasteiger partial charge < -0.3 is 5.11 Å². The zero-order valence-electron chi connectivity index (χ0n) is 14.3. The summed E-state index contributed by atoms with van der Waals surface area (Å²) in [5.41, 5.74) is 2.10. The lowest BCUT2D eigenvalue weighted by Gasteiger charge is -2.66. The Hall–Kier alpha value is -0.0400. The van der Waals surface area contributed by atoms with Crippen LogP contribution in [0.2, 0.25) is 0 Å². The van der Waals surface area contributed by atoms with Gasteiger partial charge in [-0.25, -0.2) is 0 Å². The minimum atomic E-state index is -0.0754. The summed E-state index contributed by atoms with van der Waals surface area (Å²) in [6, 6.07) is 0. The van der Waals surface area contributed by atoms with Crippen LogP contribution < -0.4 is 0 Å². The van der Waals surface area contributed by atoms with Crippen LogP contribution in [0.1, 0.15) is 72.6 Å². The number of aliphatic hydroxyl groups excluding tert-OH is 1. The first-order valence-corrected chi connectivity index (χ1v) is 9.42. The van der Waals surface area contributed by atoms with Crippen molar-refractivity contribution in [1.29, 1.82) is 0 Å². The van der Waals surface area contributed by atoms with E-state index in [2.05, 4.69) is 27.7 Å². The fraction of sp³-hybridized carbons (Fsp3) is 1.00. The highest BCUT2D eigenvalue weighted by Gasteiger charge is 2.78. The molecular formula is C20H32O. The van der Waals surface area contributed by atoms with Crippen LogP contribution in [0.25, 0.3) is 0 Å². The van der Waals surface area contributed by atoms with E-state index in [1.54, 1.807) is 12.8 Å². The lowest BCUT2D eigenvalue weighted by Crippen LogP contribution is -2.60. The van der Waals surface area contributed by atoms with Gasteiger partial charge >= 0.3 is 0 Å². The highest BCUT2D eigenvalue weighted by molar-refractivity contribution is 5.27. The fourth-order valence-corrected chi connectivity index (χ4v) is 8.83. The lowest BCUT2D eigenvalue weighted by atomic mass is 9.39. The third kappa shape index (κ3) is 1.28. The second kappa shape index (κ2) is 3.40. The van der Waals surface area contributed by atoms with Gasteiger partial charge in [0, 0.05) is 0 Å². The highest BCUT2D eigenvalue weighted by atomic mass is 16.3. The van der Waals surface area contributed by atoms with Gasteiger partial charge in [0.1, 0.15) is 0 Å². The predicted molar refractivity (Wildman–Crippen MR) is 84.7 cm³/mol. The average molecular weight is 288 g/mol. The molecule has 1 heteroatoms. The van der Waals surface area contributed by atoms with Crippen molar-refractivity contribution in [2.45, 2.75) is 78.7 Å². The Kier molecular flexibility index (Phi) is 2.17. The average Bonchev–Trinajstić information content (AvgIpc) is 2.86. The van der Waals surface area contributed by atoms with E-state index < -0.39 is 0 Å². The van der Waals surface area contributed by atoms with Crippen LogP contribution in [0.4, 0.5) is 0 Å². The lowest BCUT2D eigenvalue weighted by molar-refractivity contribution is -0.190. The Morgan fingerprint density at radius 3 is 2.29 bits per heavy atom. The highest BCUT2D eigenvalue weighted by Crippen LogP contribution is 2.85. The number of fused-ring (bicyclic) bond motifs is 1. The molecule has 6 aliphatic rings. The molecule has 0 saturated heterocycles. The number of hydrogen-bond donors (Lipinski definition) is 1. The summed E-state index contributed by atoms with van der Waals surface area (Å²) in [5.74, 6) is 3.87. The molecule has 0 aromatic carbocycles. The summed E-state index contributed by atoms with van der Waals surface area (Å²) in [5, 5.41) is 10.6. The van der Waals surface area contributed by atoms with E-state index in [4.69, 9.17) is 0 Å². The molecule has 0 aromatic rings. The smallest absolute Gasteiger partial charge is 0.0594 e. The van der Waals surface area contributed by atoms with Crippen LogP contribution in [0.15, 0.2) is 0 Å². The number of hydrogen-bond acceptors (Lipinski definition) is 1. The van der Waals surface area contributed by atoms with Crippen LogP contribution in [-0.4, -0.2) is 11.2 Å². The van der Waals surface area contributed by atoms with Gasteiger partial charge in [0.15, 0.2) is 0 Å². The van der Waals surface area contributed by atoms with E-state index in [0.717, 1.165) is 35.5 Å². The van der Waals surface area contributed by atoms with Crippen LogP contribution in [-0.2, 0) is 0 Å². The van der Waals surface area contributed by atoms with Gasteiger partial charge in [-0.3, -0.25) is 0 Å². The van der Waals surface area contributed by atoms with E-state index in [0.29, 0.717) is 10.8 Å². The van der Waals surface area contributed by atoms with Crippen molar-refractivity contribution in [1.82, 2.24) is 0 Å². The van der Waals surface area contributed by atoms with E-state index in [-0.39, 0.29) is 11.5 Å². The molecule has 21 heavy (non-hydrogen) atoms. The molecule has 6 fully saturated rings. The quantitative estimate of drug-likeness (QED) is 0.688. The molecule has 6 aliphatic carbocycles. The molecule has 1 N–H and O–H groups in total. The molecule has 0 heterocycles. The fourth-order valence-electron chi connectivity index (χ4n) is 8.83. The molecule has 6 saturated carbocycles. The Balaban J connectivity index is 1.56. The molecule has 8 atom stereocenters. The summed E-state index contributed by atoms with van der Waals surface area (Å²) in [4.78, 5) is 0. The molecule has 0 radical (unpaired) electrons. The summed E-state index contributed by atoms with van der Waals surface area (Å²) in [6.07, 6.45) is 9.72. The van der Waals surface area contributed by atoms with E-state index in [9.17, 15) is 5.11 Å². The SMILES string of the molecule is CC1(C)[C@H](O)CC[C@]2(C)[C@@H]1CC[C@@]13C[C@H]4[C@@H](C[C@H]12)[C@@]4(C)C3. The van der Waals surface area contributed by atoms with Crippen molar-refractivity contribution < 1.29 is 5.11 Å². The van der Waals surface area contributed by atoms with E-state index in [1.807, 2.05) is 0 Å². The van der Waals surface area contributed by atoms with Crippen molar-refractivity contribution in [3.8, 4) is 0 Å². The second-order valence-corrected chi connectivity index (χ2v) is 10.7. The Morgan fingerprint density at radius 1 is 0.857 bits per heavy atom. The van der Waals surface area contributed by atoms with Gasteiger partial charge in [-0.2, -0.15) is 0 Å². The molecule has 0 unspecified atom stereocenters. The van der Waals surface area contributed by atoms with E-state index >= 15 is 0 Å². The molecule has 4 bridgehead atoms. The van der Waals surface area contributed by atoms with Crippen LogP contribution in [0.5, 0.6) is 0 Å². The largest absolute Gasteiger partial charge is 0.393 e. The second-order valence-electron chi connectivity index (χ2n) is 10.7. The zero-order chi connectivity index (χ0) is 14.8. The summed E-state index contributed by atoms with van der Waals surface area (Å²) in [6.45, 7) is 9.92. The maximum Gasteiger partial charge on any atom is 0.0594 e. The number of aliphatic hydroxyl groups is 1. The topological polar surface area (TPSA) is 20.2 Å². The van der Waals surface area contributed by atoms with Gasteiger partial charge in [0.05, 0.1) is 6.10 Å². The molecule has 0 aromatic heterocycles. The third-order valence-corrected chi connectivity index (χ3v) is 9.90. The molecular weight excluding hydrogens is 256 g/mol. The van der Waals surface area contributed by atoms with Gasteiger partial charge in [-0.05, 0) is 90.3 Å². The van der Waals surface area contributed by atoms with Gasteiger partial charge in [0.25, 0.3) is 0 Å². The first-order chi connectivity index (χ1) is 9.74. The van der Waals surface area contributed by atoms with Gasteiger partial charge in [-0.15, -0.1) is 0 Å². The summed E-state index contributed by atoms with van der Waals surface area (Å²) < 4.78 is 0. The van der Waals surface area contributed by atoms with Gasteiger partial charge in [-0.1, -0.05) is 27.7 Å². The van der Waals surface area contributed by atoms with Gasteiger partial charge in [0.2, 0.25) is 0 Å². The Morgan fingerprint density at radius 2 is 1.62 bits per heavy atom. The van der Waals surface area contributed by atoms with Crippen LogP contribution >= 0.6 is 0 Å². The summed E-state index contributed by atoms with van der Waals surface area (Å²) in [7, 11) is 0. The predicted octanol–water partition coefficient (Wildman–Crippen LogP) is 4.64. The molecule has 0 aliphatic heterocycles. The maximum atomic E-state index is 10.6. The minimum Gasteiger partial charge on any atom is -0.393 e. The normalized spacial score (nSPS) is 66.4. The molecule has 1 nitrogen and oxygen atoms in total. The summed E-state index contributed by atoms with van der Waals surface area (Å²) >= 11 is 0. The minimum absolute atomic E-state index is 0.0754. The van der Waals surface area contributed by atoms with Crippen molar-refractivity contribution in [3.05, 3.63) is 0 Å². The third-order valence-electron chi connectivity index (χ3n) is 9.90. The Bertz CT molecular complexity index is 510. The van der Waals surface area contributed by atoms with Crippen molar-refractivity contribution in [2.75, 3.05) is 0 Å². The monoisotopic (exact) mass is 288 g/mol. The van der Waals surface area contributed by atoms with E-state index in [1.165, 1.54) is 25.7 Å². The van der Waals surface area contributed by atoms with Crippen molar-refractivity contribution in [2.24, 2.45) is 45.3 Å². The zero-order valence-corrected chi connectivity index (χ0v) is 14.3. The molecule has 6 rings (SSSR count). The first kappa shape index (κ1) is 13.4. The van der Waals surface area contributed by atoms with Crippen molar-refractivity contribution in [3.63, 3.8) is 0 Å². The maximum absolute atomic E-state index is 10.6. The van der Waals surface area contributed by atoms with Crippen LogP contribution in [0.3, 0.4) is 0 Å². The first-order valence-electron chi connectivity index (χ1n) is 9.42. The Labute approximate surface area is 129 Å². The van der Waals surface area contributed by atoms with Crippen molar-refractivity contribution >= 4 is 0 Å². The standard InChI is InChI=1S/C20H32O/c1-17(2)14-5-8-20-10-13-12(19(13,4)11-20)9-15(20)18(14,3)7-6-16(17)21/h12-16,21H,5-11H2,1-4H3/t12-,13+,14-,15+,16-,18-,19-,20+/m1/s1. The van der Waals surface area contributed by atoms with Crippen LogP contribution in [0, 0.1) is 45.3 Å². The molecule has 0 amide bonds. The molecule has 118 valence electrons. The molecule has 1 spiro atoms.